The number of amides is 2. The molecular formula is C25H24N2O3S. The van der Waals surface area contributed by atoms with E-state index in [1.165, 1.54) is 16.9 Å². The number of hydrogen-bond acceptors (Lipinski definition) is 4. The lowest BCUT2D eigenvalue weighted by atomic mass is 9.87. The zero-order valence-corrected chi connectivity index (χ0v) is 18.1. The monoisotopic (exact) mass is 432 g/mol. The first kappa shape index (κ1) is 20.9. The molecule has 1 aliphatic carbocycles. The minimum absolute atomic E-state index is 0.109. The third-order valence-corrected chi connectivity index (χ3v) is 6.15. The van der Waals surface area contributed by atoms with Gasteiger partial charge in [-0.3, -0.25) is 9.59 Å². The highest BCUT2D eigenvalue weighted by Gasteiger charge is 2.24. The van der Waals surface area contributed by atoms with Crippen LogP contribution in [0.4, 0.5) is 0 Å². The van der Waals surface area contributed by atoms with Crippen molar-refractivity contribution < 1.29 is 14.3 Å². The van der Waals surface area contributed by atoms with Crippen LogP contribution < -0.4 is 15.4 Å². The smallest absolute Gasteiger partial charge is 0.268 e. The lowest BCUT2D eigenvalue weighted by molar-refractivity contribution is -0.118. The summed E-state index contributed by atoms with van der Waals surface area (Å²) in [6, 6.07) is 18.6. The largest absolute Gasteiger partial charge is 0.497 e. The third kappa shape index (κ3) is 5.03. The van der Waals surface area contributed by atoms with Crippen molar-refractivity contribution >= 4 is 29.2 Å². The quantitative estimate of drug-likeness (QED) is 0.554. The molecule has 31 heavy (non-hydrogen) atoms. The van der Waals surface area contributed by atoms with E-state index in [0.717, 1.165) is 35.5 Å². The van der Waals surface area contributed by atoms with Gasteiger partial charge in [-0.25, -0.2) is 0 Å². The van der Waals surface area contributed by atoms with E-state index in [0.29, 0.717) is 5.56 Å². The second kappa shape index (κ2) is 9.62. The topological polar surface area (TPSA) is 67.4 Å². The van der Waals surface area contributed by atoms with E-state index in [9.17, 15) is 9.59 Å². The van der Waals surface area contributed by atoms with Gasteiger partial charge in [0.05, 0.1) is 13.2 Å². The molecule has 0 saturated carbocycles. The number of ether oxygens (including phenoxy) is 1. The first-order valence-electron chi connectivity index (χ1n) is 10.2. The standard InChI is InChI=1S/C25H24N2O3S/c1-30-19-12-13-21-18(15-19)9-5-11-22(21)26-25(29)23(16-20-10-6-14-31-20)27-24(28)17-7-3-2-4-8-17/h2-4,6-8,10,12-16,22H,5,9,11H2,1H3,(H,26,29)(H,27,28)/b23-16-/t22-/m1/s1. The van der Waals surface area contributed by atoms with Gasteiger partial charge in [0.2, 0.25) is 0 Å². The molecule has 0 saturated heterocycles. The predicted octanol–water partition coefficient (Wildman–Crippen LogP) is 4.72. The summed E-state index contributed by atoms with van der Waals surface area (Å²) in [5.74, 6) is 0.206. The van der Waals surface area contributed by atoms with Crippen LogP contribution in [0.15, 0.2) is 71.7 Å². The molecular weight excluding hydrogens is 408 g/mol. The number of thiophene rings is 1. The molecule has 0 aliphatic heterocycles. The fourth-order valence-electron chi connectivity index (χ4n) is 3.76. The van der Waals surface area contributed by atoms with Crippen LogP contribution in [0.2, 0.25) is 0 Å². The number of rotatable bonds is 6. The van der Waals surface area contributed by atoms with Crippen molar-refractivity contribution in [3.05, 3.63) is 93.3 Å². The summed E-state index contributed by atoms with van der Waals surface area (Å²) in [6.45, 7) is 0. The summed E-state index contributed by atoms with van der Waals surface area (Å²) in [4.78, 5) is 26.8. The number of aryl methyl sites for hydroxylation is 1. The summed E-state index contributed by atoms with van der Waals surface area (Å²) in [7, 11) is 1.65. The molecule has 4 rings (SSSR count). The number of fused-ring (bicyclic) bond motifs is 1. The fraction of sp³-hybridized carbons (Fsp3) is 0.200. The molecule has 2 N–H and O–H groups in total. The van der Waals surface area contributed by atoms with E-state index < -0.39 is 0 Å². The highest BCUT2D eigenvalue weighted by atomic mass is 32.1. The Balaban J connectivity index is 1.56. The zero-order chi connectivity index (χ0) is 21.6. The van der Waals surface area contributed by atoms with Crippen LogP contribution >= 0.6 is 11.3 Å². The Hall–Kier alpha value is -3.38. The Bertz CT molecular complexity index is 1090. The molecule has 3 aromatic rings. The maximum absolute atomic E-state index is 13.2. The van der Waals surface area contributed by atoms with Crippen LogP contribution in [0.3, 0.4) is 0 Å². The van der Waals surface area contributed by atoms with Crippen molar-refractivity contribution in [2.75, 3.05) is 7.11 Å². The van der Waals surface area contributed by atoms with Crippen LogP contribution in [-0.2, 0) is 11.2 Å². The number of carbonyl (C=O) groups excluding carboxylic acids is 2. The second-order valence-corrected chi connectivity index (χ2v) is 8.36. The maximum atomic E-state index is 13.2. The minimum Gasteiger partial charge on any atom is -0.497 e. The Labute approximate surface area is 185 Å². The van der Waals surface area contributed by atoms with Crippen molar-refractivity contribution in [2.45, 2.75) is 25.3 Å². The Morgan fingerprint density at radius 1 is 1.10 bits per heavy atom. The van der Waals surface area contributed by atoms with Gasteiger partial charge in [-0.2, -0.15) is 0 Å². The number of methoxy groups -OCH3 is 1. The summed E-state index contributed by atoms with van der Waals surface area (Å²) in [5.41, 5.74) is 3.03. The van der Waals surface area contributed by atoms with Gasteiger partial charge >= 0.3 is 0 Å². The second-order valence-electron chi connectivity index (χ2n) is 7.38. The van der Waals surface area contributed by atoms with Crippen LogP contribution in [-0.4, -0.2) is 18.9 Å². The van der Waals surface area contributed by atoms with Gasteiger partial charge in [0.1, 0.15) is 11.4 Å². The summed E-state index contributed by atoms with van der Waals surface area (Å²) >= 11 is 1.51. The van der Waals surface area contributed by atoms with Gasteiger partial charge < -0.3 is 15.4 Å². The Morgan fingerprint density at radius 3 is 2.68 bits per heavy atom. The molecule has 1 aliphatic rings. The average molecular weight is 433 g/mol. The predicted molar refractivity (Wildman–Crippen MR) is 123 cm³/mol. The van der Waals surface area contributed by atoms with E-state index >= 15 is 0 Å². The molecule has 0 spiro atoms. The van der Waals surface area contributed by atoms with Crippen molar-refractivity contribution in [1.82, 2.24) is 10.6 Å². The van der Waals surface area contributed by atoms with E-state index in [2.05, 4.69) is 10.6 Å². The van der Waals surface area contributed by atoms with Crippen molar-refractivity contribution in [1.29, 1.82) is 0 Å². The van der Waals surface area contributed by atoms with Crippen LogP contribution in [0.5, 0.6) is 5.75 Å². The van der Waals surface area contributed by atoms with Crippen LogP contribution in [0.25, 0.3) is 6.08 Å². The van der Waals surface area contributed by atoms with Gasteiger partial charge in [0.15, 0.2) is 0 Å². The highest BCUT2D eigenvalue weighted by Crippen LogP contribution is 2.32. The molecule has 1 aromatic heterocycles. The molecule has 0 bridgehead atoms. The average Bonchev–Trinajstić information content (AvgIpc) is 3.32. The third-order valence-electron chi connectivity index (χ3n) is 5.33. The maximum Gasteiger partial charge on any atom is 0.268 e. The molecule has 158 valence electrons. The normalized spacial score (nSPS) is 15.6. The molecule has 1 heterocycles. The van der Waals surface area contributed by atoms with Gasteiger partial charge in [-0.05, 0) is 72.2 Å². The van der Waals surface area contributed by atoms with Crippen molar-refractivity contribution in [2.24, 2.45) is 0 Å². The first-order chi connectivity index (χ1) is 15.1. The molecule has 5 nitrogen and oxygen atoms in total. The highest BCUT2D eigenvalue weighted by molar-refractivity contribution is 7.10. The number of carbonyl (C=O) groups is 2. The molecule has 2 amide bonds. The van der Waals surface area contributed by atoms with E-state index in [1.807, 2.05) is 41.8 Å². The van der Waals surface area contributed by atoms with Gasteiger partial charge in [-0.15, -0.1) is 11.3 Å². The fourth-order valence-corrected chi connectivity index (χ4v) is 4.42. The summed E-state index contributed by atoms with van der Waals surface area (Å²) < 4.78 is 5.34. The number of nitrogens with one attached hydrogen (secondary N) is 2. The number of hydrogen-bond donors (Lipinski definition) is 2. The molecule has 6 heteroatoms. The Morgan fingerprint density at radius 2 is 1.94 bits per heavy atom. The molecule has 0 fully saturated rings. The molecule has 0 radical (unpaired) electrons. The summed E-state index contributed by atoms with van der Waals surface area (Å²) in [6.07, 6.45) is 4.51. The van der Waals surface area contributed by atoms with Crippen molar-refractivity contribution in [3.8, 4) is 5.75 Å². The van der Waals surface area contributed by atoms with Crippen molar-refractivity contribution in [3.63, 3.8) is 0 Å². The number of benzene rings is 2. The molecule has 1 atom stereocenters. The zero-order valence-electron chi connectivity index (χ0n) is 17.3. The minimum atomic E-state index is -0.313. The summed E-state index contributed by atoms with van der Waals surface area (Å²) in [5, 5.41) is 7.86. The Kier molecular flexibility index (Phi) is 6.48. The molecule has 2 aromatic carbocycles. The van der Waals surface area contributed by atoms with E-state index in [1.54, 1.807) is 37.5 Å². The van der Waals surface area contributed by atoms with E-state index in [4.69, 9.17) is 4.74 Å². The van der Waals surface area contributed by atoms with Gasteiger partial charge in [0, 0.05) is 10.4 Å². The SMILES string of the molecule is COc1ccc2c(c1)CCC[C@H]2NC(=O)/C(=C/c1cccs1)NC(=O)c1ccccc1. The van der Waals surface area contributed by atoms with Crippen LogP contribution in [0, 0.1) is 0 Å². The van der Waals surface area contributed by atoms with Crippen LogP contribution in [0.1, 0.15) is 45.2 Å². The molecule has 0 unspecified atom stereocenters. The van der Waals surface area contributed by atoms with Gasteiger partial charge in [0.25, 0.3) is 11.8 Å². The van der Waals surface area contributed by atoms with Gasteiger partial charge in [-0.1, -0.05) is 30.3 Å². The lowest BCUT2D eigenvalue weighted by Gasteiger charge is -2.27. The lowest BCUT2D eigenvalue weighted by Crippen LogP contribution is -2.37. The van der Waals surface area contributed by atoms with E-state index in [-0.39, 0.29) is 23.6 Å². The first-order valence-corrected chi connectivity index (χ1v) is 11.1.